The van der Waals surface area contributed by atoms with Gasteiger partial charge in [0.2, 0.25) is 0 Å². The summed E-state index contributed by atoms with van der Waals surface area (Å²) in [7, 11) is -4.87. The molecule has 0 bridgehead atoms. The van der Waals surface area contributed by atoms with Crippen LogP contribution in [-0.2, 0) is 14.6 Å². The fourth-order valence-electron chi connectivity index (χ4n) is 0.203. The van der Waals surface area contributed by atoms with Crippen LogP contribution in [0.15, 0.2) is 0 Å². The van der Waals surface area contributed by atoms with E-state index in [2.05, 4.69) is 9.92 Å². The quantitative estimate of drug-likeness (QED) is 0.272. The van der Waals surface area contributed by atoms with Gasteiger partial charge in [-0.15, -0.1) is 0 Å². The first-order valence-electron chi connectivity index (χ1n) is 2.10. The van der Waals surface area contributed by atoms with E-state index in [1.165, 1.54) is 0 Å². The Hall–Kier alpha value is -0.250. The first kappa shape index (κ1) is 9.75. The summed E-state index contributed by atoms with van der Waals surface area (Å²) in [6, 6.07) is 0. The van der Waals surface area contributed by atoms with E-state index in [1.807, 2.05) is 0 Å². The average molecular weight is 173 g/mol. The highest BCUT2D eigenvalue weighted by Gasteiger charge is 2.28. The highest BCUT2D eigenvalue weighted by atomic mass is 32.3. The molecule has 8 heteroatoms. The Bertz CT molecular complexity index is 194. The Morgan fingerprint density at radius 3 is 2.00 bits per heavy atom. The van der Waals surface area contributed by atoms with Crippen LogP contribution < -0.4 is 5.73 Å². The molecule has 62 valence electrons. The molecule has 0 fully saturated rings. The lowest BCUT2D eigenvalue weighted by atomic mass is 10.6. The number of rotatable bonds is 3. The van der Waals surface area contributed by atoms with Crippen LogP contribution in [0.5, 0.6) is 0 Å². The standard InChI is InChI=1S/C2H7NO6S/c3-1-2(4,5)9-10(6,7)8/h4-5H,1,3H2,(H,6,7,8). The summed E-state index contributed by atoms with van der Waals surface area (Å²) in [5, 5.41) is 16.7. The van der Waals surface area contributed by atoms with Crippen LogP contribution in [0.2, 0.25) is 0 Å². The summed E-state index contributed by atoms with van der Waals surface area (Å²) in [5.74, 6) is -3.03. The van der Waals surface area contributed by atoms with Crippen molar-refractivity contribution in [1.82, 2.24) is 0 Å². The van der Waals surface area contributed by atoms with E-state index in [1.54, 1.807) is 0 Å². The Morgan fingerprint density at radius 2 is 1.90 bits per heavy atom. The van der Waals surface area contributed by atoms with Crippen molar-refractivity contribution >= 4 is 10.4 Å². The molecule has 0 spiro atoms. The predicted octanol–water partition coefficient (Wildman–Crippen LogP) is -2.60. The molecular weight excluding hydrogens is 166 g/mol. The van der Waals surface area contributed by atoms with Gasteiger partial charge in [-0.3, -0.25) is 4.55 Å². The summed E-state index contributed by atoms with van der Waals surface area (Å²) in [6.45, 7) is -0.868. The molecule has 0 aromatic carbocycles. The van der Waals surface area contributed by atoms with Crippen molar-refractivity contribution in [3.05, 3.63) is 0 Å². The van der Waals surface area contributed by atoms with Gasteiger partial charge in [-0.2, -0.15) is 12.6 Å². The molecule has 0 aliphatic rings. The van der Waals surface area contributed by atoms with Gasteiger partial charge < -0.3 is 15.9 Å². The first-order valence-corrected chi connectivity index (χ1v) is 3.46. The molecule has 0 rings (SSSR count). The third-order valence-electron chi connectivity index (χ3n) is 0.505. The van der Waals surface area contributed by atoms with E-state index in [9.17, 15) is 8.42 Å². The summed E-state index contributed by atoms with van der Waals surface area (Å²) >= 11 is 0. The normalized spacial score (nSPS) is 13.6. The van der Waals surface area contributed by atoms with Crippen molar-refractivity contribution in [2.45, 2.75) is 5.97 Å². The smallest absolute Gasteiger partial charge is 0.342 e. The summed E-state index contributed by atoms with van der Waals surface area (Å²) in [5.41, 5.74) is 4.61. The fraction of sp³-hybridized carbons (Fsp3) is 1.00. The van der Waals surface area contributed by atoms with E-state index in [-0.39, 0.29) is 0 Å². The highest BCUT2D eigenvalue weighted by Crippen LogP contribution is 2.02. The Balaban J connectivity index is 4.16. The molecule has 0 aromatic rings. The van der Waals surface area contributed by atoms with Gasteiger partial charge in [0.25, 0.3) is 0 Å². The highest BCUT2D eigenvalue weighted by molar-refractivity contribution is 7.80. The maximum Gasteiger partial charge on any atom is 0.401 e. The minimum atomic E-state index is -4.87. The zero-order valence-electron chi connectivity index (χ0n) is 4.76. The van der Waals surface area contributed by atoms with Gasteiger partial charge in [0, 0.05) is 0 Å². The lowest BCUT2D eigenvalue weighted by Gasteiger charge is -2.15. The van der Waals surface area contributed by atoms with Gasteiger partial charge in [0.1, 0.15) is 0 Å². The lowest BCUT2D eigenvalue weighted by molar-refractivity contribution is -0.283. The Labute approximate surface area is 57.0 Å². The Morgan fingerprint density at radius 1 is 1.50 bits per heavy atom. The van der Waals surface area contributed by atoms with Crippen LogP contribution in [0.25, 0.3) is 0 Å². The molecule has 0 unspecified atom stereocenters. The topological polar surface area (TPSA) is 130 Å². The van der Waals surface area contributed by atoms with E-state index in [0.29, 0.717) is 0 Å². The second-order valence-electron chi connectivity index (χ2n) is 1.46. The van der Waals surface area contributed by atoms with Crippen LogP contribution in [0.4, 0.5) is 0 Å². The molecule has 0 saturated carbocycles. The minimum absolute atomic E-state index is 0.868. The van der Waals surface area contributed by atoms with Gasteiger partial charge in [-0.05, 0) is 0 Å². The van der Waals surface area contributed by atoms with Crippen LogP contribution in [0, 0.1) is 0 Å². The minimum Gasteiger partial charge on any atom is -0.342 e. The average Bonchev–Trinajstić information content (AvgIpc) is 1.60. The molecule has 7 nitrogen and oxygen atoms in total. The van der Waals surface area contributed by atoms with Gasteiger partial charge >= 0.3 is 16.4 Å². The van der Waals surface area contributed by atoms with Gasteiger partial charge in [0.05, 0.1) is 6.54 Å². The maximum absolute atomic E-state index is 9.76. The molecule has 5 N–H and O–H groups in total. The van der Waals surface area contributed by atoms with Crippen LogP contribution in [0.1, 0.15) is 0 Å². The molecule has 10 heavy (non-hydrogen) atoms. The lowest BCUT2D eigenvalue weighted by Crippen LogP contribution is -2.41. The number of hydrogen-bond acceptors (Lipinski definition) is 6. The largest absolute Gasteiger partial charge is 0.401 e. The van der Waals surface area contributed by atoms with Crippen molar-refractivity contribution in [2.75, 3.05) is 6.54 Å². The molecule has 0 aliphatic carbocycles. The van der Waals surface area contributed by atoms with E-state index in [4.69, 9.17) is 14.8 Å². The molecule has 0 amide bonds. The van der Waals surface area contributed by atoms with Gasteiger partial charge in [0.15, 0.2) is 0 Å². The number of aliphatic hydroxyl groups is 2. The van der Waals surface area contributed by atoms with E-state index < -0.39 is 22.9 Å². The first-order chi connectivity index (χ1) is 4.27. The van der Waals surface area contributed by atoms with Crippen molar-refractivity contribution in [3.63, 3.8) is 0 Å². The number of nitrogens with two attached hydrogens (primary N) is 1. The molecule has 0 aromatic heterocycles. The molecule has 0 atom stereocenters. The SMILES string of the molecule is NCC(O)(O)OS(=O)(=O)O. The van der Waals surface area contributed by atoms with Crippen molar-refractivity contribution in [2.24, 2.45) is 5.73 Å². The predicted molar refractivity (Wildman–Crippen MR) is 28.9 cm³/mol. The third-order valence-corrected chi connectivity index (χ3v) is 0.982. The fourth-order valence-corrected chi connectivity index (χ4v) is 0.608. The summed E-state index contributed by atoms with van der Waals surface area (Å²) < 4.78 is 30.7. The Kier molecular flexibility index (Phi) is 2.71. The molecule has 0 radical (unpaired) electrons. The monoisotopic (exact) mass is 173 g/mol. The van der Waals surface area contributed by atoms with Crippen LogP contribution in [0.3, 0.4) is 0 Å². The third kappa shape index (κ3) is 4.61. The zero-order chi connectivity index (χ0) is 8.41. The van der Waals surface area contributed by atoms with Crippen LogP contribution >= 0.6 is 0 Å². The van der Waals surface area contributed by atoms with Crippen LogP contribution in [-0.4, -0.2) is 35.7 Å². The molecule has 0 aliphatic heterocycles. The van der Waals surface area contributed by atoms with E-state index in [0.717, 1.165) is 0 Å². The van der Waals surface area contributed by atoms with Crippen molar-refractivity contribution < 1.29 is 27.4 Å². The zero-order valence-corrected chi connectivity index (χ0v) is 5.58. The molecular formula is C2H7NO6S. The van der Waals surface area contributed by atoms with Gasteiger partial charge in [-0.25, -0.2) is 0 Å². The maximum atomic E-state index is 9.76. The summed E-state index contributed by atoms with van der Waals surface area (Å²) in [6.07, 6.45) is 0. The van der Waals surface area contributed by atoms with Crippen molar-refractivity contribution in [1.29, 1.82) is 0 Å². The summed E-state index contributed by atoms with van der Waals surface area (Å²) in [4.78, 5) is 0. The second kappa shape index (κ2) is 2.78. The van der Waals surface area contributed by atoms with E-state index >= 15 is 0 Å². The molecule has 0 heterocycles. The number of hydrogen-bond donors (Lipinski definition) is 4. The second-order valence-corrected chi connectivity index (χ2v) is 2.48. The molecule has 0 saturated heterocycles. The van der Waals surface area contributed by atoms with Gasteiger partial charge in [-0.1, -0.05) is 0 Å². The van der Waals surface area contributed by atoms with Crippen molar-refractivity contribution in [3.8, 4) is 0 Å².